The number of hydrogen-bond acceptors (Lipinski definition) is 4. The highest BCUT2D eigenvalue weighted by atomic mass is 19.1. The molecule has 0 bridgehead atoms. The van der Waals surface area contributed by atoms with Crippen molar-refractivity contribution in [1.29, 1.82) is 0 Å². The average Bonchev–Trinajstić information content (AvgIpc) is 2.94. The molecule has 7 nitrogen and oxygen atoms in total. The van der Waals surface area contributed by atoms with E-state index < -0.39 is 5.82 Å². The van der Waals surface area contributed by atoms with Gasteiger partial charge in [-0.05, 0) is 54.1 Å². The Morgan fingerprint density at radius 3 is 2.16 bits per heavy atom. The molecule has 1 aliphatic heterocycles. The van der Waals surface area contributed by atoms with Crippen molar-refractivity contribution in [1.82, 2.24) is 9.80 Å². The topological polar surface area (TPSA) is 73.0 Å². The lowest BCUT2D eigenvalue weighted by Gasteiger charge is -2.36. The van der Waals surface area contributed by atoms with Gasteiger partial charge in [0.25, 0.3) is 5.91 Å². The number of anilines is 2. The predicted octanol–water partition coefficient (Wildman–Crippen LogP) is 4.30. The predicted molar refractivity (Wildman–Crippen MR) is 142 cm³/mol. The van der Waals surface area contributed by atoms with Crippen LogP contribution in [0.4, 0.5) is 20.2 Å². The molecule has 0 aromatic heterocycles. The van der Waals surface area contributed by atoms with E-state index >= 15 is 0 Å². The zero-order valence-corrected chi connectivity index (χ0v) is 21.2. The molecule has 9 heteroatoms. The Morgan fingerprint density at radius 2 is 1.53 bits per heavy atom. The molecule has 0 unspecified atom stereocenters. The molecule has 3 aromatic carbocycles. The van der Waals surface area contributed by atoms with E-state index in [0.29, 0.717) is 31.9 Å². The van der Waals surface area contributed by atoms with Gasteiger partial charge in [0.2, 0.25) is 11.8 Å². The van der Waals surface area contributed by atoms with Crippen molar-refractivity contribution in [3.05, 3.63) is 95.6 Å². The van der Waals surface area contributed by atoms with Gasteiger partial charge >= 0.3 is 0 Å². The van der Waals surface area contributed by atoms with Crippen LogP contribution in [-0.4, -0.2) is 60.2 Å². The number of rotatable bonds is 8. The van der Waals surface area contributed by atoms with Gasteiger partial charge in [0.1, 0.15) is 18.2 Å². The third-order valence-electron chi connectivity index (χ3n) is 6.46. The number of hydrogen-bond donors (Lipinski definition) is 1. The van der Waals surface area contributed by atoms with E-state index in [-0.39, 0.29) is 48.6 Å². The van der Waals surface area contributed by atoms with Gasteiger partial charge in [0, 0.05) is 50.5 Å². The molecule has 3 aromatic rings. The number of benzene rings is 3. The molecule has 0 aliphatic carbocycles. The highest BCUT2D eigenvalue weighted by Crippen LogP contribution is 2.21. The van der Waals surface area contributed by atoms with Crippen LogP contribution < -0.4 is 10.2 Å². The second-order valence-corrected chi connectivity index (χ2v) is 9.08. The summed E-state index contributed by atoms with van der Waals surface area (Å²) >= 11 is 0. The van der Waals surface area contributed by atoms with Crippen LogP contribution in [0.5, 0.6) is 0 Å². The van der Waals surface area contributed by atoms with E-state index in [4.69, 9.17) is 0 Å². The number of nitrogens with zero attached hydrogens (tertiary/aromatic N) is 3. The molecular formula is C29H30F2N4O3. The van der Waals surface area contributed by atoms with Crippen LogP contribution >= 0.6 is 0 Å². The van der Waals surface area contributed by atoms with Crippen LogP contribution in [0.25, 0.3) is 0 Å². The van der Waals surface area contributed by atoms with Crippen LogP contribution in [-0.2, 0) is 16.1 Å². The van der Waals surface area contributed by atoms with Crippen LogP contribution in [0.3, 0.4) is 0 Å². The molecule has 1 aliphatic rings. The maximum Gasteiger partial charge on any atom is 0.256 e. The Kier molecular flexibility index (Phi) is 8.68. The minimum absolute atomic E-state index is 0.0814. The van der Waals surface area contributed by atoms with Crippen molar-refractivity contribution in [2.45, 2.75) is 19.9 Å². The van der Waals surface area contributed by atoms with Gasteiger partial charge in [0.05, 0.1) is 5.56 Å². The lowest BCUT2D eigenvalue weighted by atomic mass is 10.1. The van der Waals surface area contributed by atoms with E-state index in [1.807, 2.05) is 12.1 Å². The van der Waals surface area contributed by atoms with Crippen LogP contribution in [0.1, 0.15) is 29.3 Å². The Labute approximate surface area is 220 Å². The third kappa shape index (κ3) is 6.73. The Hall–Kier alpha value is -4.27. The number of amides is 3. The molecule has 1 saturated heterocycles. The van der Waals surface area contributed by atoms with Crippen molar-refractivity contribution >= 4 is 29.1 Å². The summed E-state index contributed by atoms with van der Waals surface area (Å²) in [6.07, 6.45) is 0.252. The summed E-state index contributed by atoms with van der Waals surface area (Å²) in [5.41, 5.74) is 2.36. The molecule has 38 heavy (non-hydrogen) atoms. The minimum atomic E-state index is -0.518. The zero-order valence-electron chi connectivity index (χ0n) is 21.2. The summed E-state index contributed by atoms with van der Waals surface area (Å²) in [6.45, 7) is 3.97. The summed E-state index contributed by atoms with van der Waals surface area (Å²) < 4.78 is 27.2. The minimum Gasteiger partial charge on any atom is -0.368 e. The van der Waals surface area contributed by atoms with Gasteiger partial charge in [0.15, 0.2) is 0 Å². The molecule has 1 heterocycles. The van der Waals surface area contributed by atoms with E-state index in [0.717, 1.165) is 11.3 Å². The number of nitrogens with one attached hydrogen (secondary N) is 1. The van der Waals surface area contributed by atoms with E-state index in [9.17, 15) is 23.2 Å². The van der Waals surface area contributed by atoms with Crippen LogP contribution in [0, 0.1) is 11.6 Å². The molecule has 1 fully saturated rings. The normalized spacial score (nSPS) is 13.2. The van der Waals surface area contributed by atoms with Crippen molar-refractivity contribution in [2.75, 3.05) is 42.9 Å². The van der Waals surface area contributed by atoms with Gasteiger partial charge in [-0.3, -0.25) is 14.4 Å². The van der Waals surface area contributed by atoms with Crippen molar-refractivity contribution in [2.24, 2.45) is 0 Å². The highest BCUT2D eigenvalue weighted by Gasteiger charge is 2.24. The van der Waals surface area contributed by atoms with Gasteiger partial charge in [-0.25, -0.2) is 8.78 Å². The molecule has 0 spiro atoms. The van der Waals surface area contributed by atoms with Crippen molar-refractivity contribution in [3.8, 4) is 0 Å². The summed E-state index contributed by atoms with van der Waals surface area (Å²) in [7, 11) is 0. The van der Waals surface area contributed by atoms with E-state index in [1.165, 1.54) is 29.2 Å². The fourth-order valence-electron chi connectivity index (χ4n) is 4.37. The highest BCUT2D eigenvalue weighted by molar-refractivity contribution is 5.95. The van der Waals surface area contributed by atoms with Gasteiger partial charge < -0.3 is 20.0 Å². The van der Waals surface area contributed by atoms with E-state index in [2.05, 4.69) is 10.2 Å². The molecule has 0 atom stereocenters. The second-order valence-electron chi connectivity index (χ2n) is 9.08. The first-order valence-corrected chi connectivity index (χ1v) is 12.5. The quantitative estimate of drug-likeness (QED) is 0.481. The smallest absolute Gasteiger partial charge is 0.256 e. The monoisotopic (exact) mass is 520 g/mol. The summed E-state index contributed by atoms with van der Waals surface area (Å²) in [4.78, 5) is 42.9. The van der Waals surface area contributed by atoms with Crippen molar-refractivity contribution in [3.63, 3.8) is 0 Å². The Balaban J connectivity index is 1.30. The first-order chi connectivity index (χ1) is 18.3. The molecule has 1 N–H and O–H groups in total. The van der Waals surface area contributed by atoms with E-state index in [1.54, 1.807) is 48.2 Å². The third-order valence-corrected chi connectivity index (χ3v) is 6.46. The summed E-state index contributed by atoms with van der Waals surface area (Å²) in [6, 6.07) is 19.2. The number of halogens is 2. The first kappa shape index (κ1) is 26.8. The maximum atomic E-state index is 14.0. The molecule has 0 radical (unpaired) electrons. The molecule has 4 rings (SSSR count). The Morgan fingerprint density at radius 1 is 0.868 bits per heavy atom. The molecule has 3 amide bonds. The lowest BCUT2D eigenvalue weighted by molar-refractivity contribution is -0.135. The Bertz CT molecular complexity index is 1270. The number of piperazine rings is 1. The standard InChI is InChI=1S/C29H30F2N4O3/c1-2-28(37)35(19-21-7-9-22(30)10-8-21)20-27(36)32-23-11-13-24(14-12-23)33-15-17-34(18-16-33)29(38)25-5-3-4-6-26(25)31/h3-14H,2,15-20H2,1H3,(H,32,36). The fraction of sp³-hybridized carbons (Fsp3) is 0.276. The number of carbonyl (C=O) groups excluding carboxylic acids is 3. The van der Waals surface area contributed by atoms with Crippen LogP contribution in [0.2, 0.25) is 0 Å². The summed E-state index contributed by atoms with van der Waals surface area (Å²) in [5.74, 6) is -1.69. The summed E-state index contributed by atoms with van der Waals surface area (Å²) in [5, 5.41) is 2.82. The lowest BCUT2D eigenvalue weighted by Crippen LogP contribution is -2.49. The fourth-order valence-corrected chi connectivity index (χ4v) is 4.37. The first-order valence-electron chi connectivity index (χ1n) is 12.5. The largest absolute Gasteiger partial charge is 0.368 e. The molecule has 198 valence electrons. The SMILES string of the molecule is CCC(=O)N(CC(=O)Nc1ccc(N2CCN(C(=O)c3ccccc3F)CC2)cc1)Cc1ccc(F)cc1. The molecular weight excluding hydrogens is 490 g/mol. The zero-order chi connectivity index (χ0) is 27.1. The van der Waals surface area contributed by atoms with Gasteiger partial charge in [-0.1, -0.05) is 31.2 Å². The second kappa shape index (κ2) is 12.3. The van der Waals surface area contributed by atoms with Gasteiger partial charge in [-0.15, -0.1) is 0 Å². The number of carbonyl (C=O) groups is 3. The average molecular weight is 521 g/mol. The van der Waals surface area contributed by atoms with Crippen LogP contribution in [0.15, 0.2) is 72.8 Å². The van der Waals surface area contributed by atoms with Crippen molar-refractivity contribution < 1.29 is 23.2 Å². The maximum absolute atomic E-state index is 14.0. The van der Waals surface area contributed by atoms with Gasteiger partial charge in [-0.2, -0.15) is 0 Å². The molecule has 0 saturated carbocycles.